The van der Waals surface area contributed by atoms with Gasteiger partial charge in [-0.2, -0.15) is 0 Å². The van der Waals surface area contributed by atoms with Gasteiger partial charge < -0.3 is 19.7 Å². The van der Waals surface area contributed by atoms with Crippen molar-refractivity contribution in [3.8, 4) is 11.5 Å². The molecule has 1 aromatic carbocycles. The van der Waals surface area contributed by atoms with Crippen molar-refractivity contribution < 1.29 is 19.1 Å². The molecule has 0 spiro atoms. The van der Waals surface area contributed by atoms with E-state index in [-0.39, 0.29) is 24.3 Å². The number of para-hydroxylation sites is 1. The summed E-state index contributed by atoms with van der Waals surface area (Å²) in [6.07, 6.45) is 4.37. The van der Waals surface area contributed by atoms with Crippen molar-refractivity contribution in [2.75, 3.05) is 33.4 Å². The summed E-state index contributed by atoms with van der Waals surface area (Å²) in [4.78, 5) is 25.8. The van der Waals surface area contributed by atoms with E-state index < -0.39 is 0 Å². The Morgan fingerprint density at radius 1 is 1.36 bits per heavy atom. The number of likely N-dealkylation sites (tertiary alicyclic amines) is 1. The minimum atomic E-state index is -0.0910. The lowest BCUT2D eigenvalue weighted by Gasteiger charge is -2.27. The third kappa shape index (κ3) is 4.44. The molecule has 25 heavy (non-hydrogen) atoms. The van der Waals surface area contributed by atoms with Gasteiger partial charge in [0.2, 0.25) is 11.8 Å². The van der Waals surface area contributed by atoms with Crippen LogP contribution >= 0.6 is 0 Å². The van der Waals surface area contributed by atoms with Gasteiger partial charge in [0.05, 0.1) is 20.3 Å². The van der Waals surface area contributed by atoms with Crippen LogP contribution in [0.25, 0.3) is 0 Å². The van der Waals surface area contributed by atoms with Gasteiger partial charge in [0.1, 0.15) is 0 Å². The van der Waals surface area contributed by atoms with Crippen LogP contribution in [0, 0.1) is 5.92 Å². The predicted molar refractivity (Wildman–Crippen MR) is 93.7 cm³/mol. The third-order valence-electron chi connectivity index (χ3n) is 4.85. The molecule has 0 radical (unpaired) electrons. The standard InChI is InChI=1S/C19H26N2O4/c1-24-16-7-5-6-15-10-14(13-25-19(15)16)11-20-17(22)12-21-9-4-2-3-8-18(21)23/h5-7,14H,2-4,8-13H2,1H3,(H,20,22)/t14-/m1/s1. The number of ether oxygens (including phenoxy) is 2. The van der Waals surface area contributed by atoms with Gasteiger partial charge in [-0.15, -0.1) is 0 Å². The fraction of sp³-hybridized carbons (Fsp3) is 0.579. The van der Waals surface area contributed by atoms with E-state index in [2.05, 4.69) is 5.32 Å². The summed E-state index contributed by atoms with van der Waals surface area (Å²) in [5.41, 5.74) is 1.10. The van der Waals surface area contributed by atoms with E-state index in [0.717, 1.165) is 42.7 Å². The number of carbonyl (C=O) groups excluding carboxylic acids is 2. The summed E-state index contributed by atoms with van der Waals surface area (Å²) < 4.78 is 11.2. The number of nitrogens with zero attached hydrogens (tertiary/aromatic N) is 1. The Morgan fingerprint density at radius 2 is 2.24 bits per heavy atom. The van der Waals surface area contributed by atoms with E-state index in [9.17, 15) is 9.59 Å². The van der Waals surface area contributed by atoms with Crippen LogP contribution in [0.5, 0.6) is 11.5 Å². The molecule has 0 aromatic heterocycles. The Bertz CT molecular complexity index is 632. The van der Waals surface area contributed by atoms with Gasteiger partial charge in [-0.3, -0.25) is 9.59 Å². The van der Waals surface area contributed by atoms with Gasteiger partial charge >= 0.3 is 0 Å². The summed E-state index contributed by atoms with van der Waals surface area (Å²) in [7, 11) is 1.63. The van der Waals surface area contributed by atoms with E-state index >= 15 is 0 Å². The van der Waals surface area contributed by atoms with Crippen LogP contribution < -0.4 is 14.8 Å². The minimum Gasteiger partial charge on any atom is -0.493 e. The first-order valence-electron chi connectivity index (χ1n) is 9.00. The number of amides is 2. The van der Waals surface area contributed by atoms with E-state index in [4.69, 9.17) is 9.47 Å². The third-order valence-corrected chi connectivity index (χ3v) is 4.85. The van der Waals surface area contributed by atoms with Crippen molar-refractivity contribution in [1.29, 1.82) is 0 Å². The van der Waals surface area contributed by atoms with Crippen LogP contribution in [0.2, 0.25) is 0 Å². The molecule has 0 aliphatic carbocycles. The number of fused-ring (bicyclic) bond motifs is 1. The second-order valence-corrected chi connectivity index (χ2v) is 6.76. The Kier molecular flexibility index (Phi) is 5.79. The quantitative estimate of drug-likeness (QED) is 0.882. The maximum atomic E-state index is 12.2. The van der Waals surface area contributed by atoms with Crippen molar-refractivity contribution in [2.24, 2.45) is 5.92 Å². The summed E-state index contributed by atoms with van der Waals surface area (Å²) in [6.45, 7) is 1.95. The molecule has 0 bridgehead atoms. The highest BCUT2D eigenvalue weighted by Gasteiger charge is 2.24. The first-order chi connectivity index (χ1) is 12.2. The van der Waals surface area contributed by atoms with Crippen molar-refractivity contribution >= 4 is 11.8 Å². The number of benzene rings is 1. The summed E-state index contributed by atoms with van der Waals surface area (Å²) in [6, 6.07) is 5.87. The zero-order valence-corrected chi connectivity index (χ0v) is 14.8. The molecule has 6 nitrogen and oxygen atoms in total. The highest BCUT2D eigenvalue weighted by atomic mass is 16.5. The largest absolute Gasteiger partial charge is 0.493 e. The Hall–Kier alpha value is -2.24. The molecule has 0 saturated carbocycles. The van der Waals surface area contributed by atoms with E-state index in [0.29, 0.717) is 26.1 Å². The average Bonchev–Trinajstić information content (AvgIpc) is 2.83. The van der Waals surface area contributed by atoms with Crippen LogP contribution in [-0.4, -0.2) is 50.1 Å². The van der Waals surface area contributed by atoms with E-state index in [1.54, 1.807) is 12.0 Å². The number of nitrogens with one attached hydrogen (secondary N) is 1. The molecule has 1 atom stereocenters. The molecular weight excluding hydrogens is 320 g/mol. The highest BCUT2D eigenvalue weighted by molar-refractivity contribution is 5.84. The first kappa shape index (κ1) is 17.6. The fourth-order valence-electron chi connectivity index (χ4n) is 3.44. The van der Waals surface area contributed by atoms with Crippen LogP contribution in [0.3, 0.4) is 0 Å². The predicted octanol–water partition coefficient (Wildman–Crippen LogP) is 1.77. The maximum absolute atomic E-state index is 12.2. The lowest BCUT2D eigenvalue weighted by Crippen LogP contribution is -2.43. The number of methoxy groups -OCH3 is 1. The average molecular weight is 346 g/mol. The number of rotatable bonds is 5. The van der Waals surface area contributed by atoms with Gasteiger partial charge in [0.25, 0.3) is 0 Å². The van der Waals surface area contributed by atoms with Gasteiger partial charge in [-0.25, -0.2) is 0 Å². The molecule has 136 valence electrons. The molecule has 6 heteroatoms. The van der Waals surface area contributed by atoms with Crippen LogP contribution in [-0.2, 0) is 16.0 Å². The van der Waals surface area contributed by atoms with Gasteiger partial charge in [-0.1, -0.05) is 18.6 Å². The van der Waals surface area contributed by atoms with Crippen molar-refractivity contribution in [1.82, 2.24) is 10.2 Å². The Labute approximate surface area is 148 Å². The zero-order valence-electron chi connectivity index (χ0n) is 14.8. The summed E-state index contributed by atoms with van der Waals surface area (Å²) in [5, 5.41) is 2.96. The Balaban J connectivity index is 1.49. The molecule has 2 amide bonds. The lowest BCUT2D eigenvalue weighted by atomic mass is 9.96. The van der Waals surface area contributed by atoms with Crippen molar-refractivity contribution in [2.45, 2.75) is 32.1 Å². The monoisotopic (exact) mass is 346 g/mol. The van der Waals surface area contributed by atoms with Gasteiger partial charge in [0, 0.05) is 25.4 Å². The molecule has 3 rings (SSSR count). The van der Waals surface area contributed by atoms with E-state index in [1.807, 2.05) is 18.2 Å². The molecule has 2 heterocycles. The molecule has 1 N–H and O–H groups in total. The molecule has 1 fully saturated rings. The van der Waals surface area contributed by atoms with Crippen molar-refractivity contribution in [3.05, 3.63) is 23.8 Å². The normalized spacial score (nSPS) is 20.3. The second-order valence-electron chi connectivity index (χ2n) is 6.76. The fourth-order valence-corrected chi connectivity index (χ4v) is 3.44. The topological polar surface area (TPSA) is 67.9 Å². The molecule has 2 aliphatic rings. The lowest BCUT2D eigenvalue weighted by molar-refractivity contribution is -0.135. The molecule has 2 aliphatic heterocycles. The van der Waals surface area contributed by atoms with Crippen LogP contribution in [0.15, 0.2) is 18.2 Å². The van der Waals surface area contributed by atoms with Gasteiger partial charge in [0.15, 0.2) is 11.5 Å². The van der Waals surface area contributed by atoms with Crippen LogP contribution in [0.4, 0.5) is 0 Å². The molecule has 1 saturated heterocycles. The number of hydrogen-bond donors (Lipinski definition) is 1. The molecule has 0 unspecified atom stereocenters. The molecule has 1 aromatic rings. The smallest absolute Gasteiger partial charge is 0.239 e. The summed E-state index contributed by atoms with van der Waals surface area (Å²) in [5.74, 6) is 1.78. The first-order valence-corrected chi connectivity index (χ1v) is 9.00. The Morgan fingerprint density at radius 3 is 3.08 bits per heavy atom. The second kappa shape index (κ2) is 8.23. The zero-order chi connectivity index (χ0) is 17.6. The van der Waals surface area contributed by atoms with Crippen LogP contribution in [0.1, 0.15) is 31.2 Å². The number of carbonyl (C=O) groups is 2. The van der Waals surface area contributed by atoms with Gasteiger partial charge in [-0.05, 0) is 30.9 Å². The molecular formula is C19H26N2O4. The van der Waals surface area contributed by atoms with Crippen molar-refractivity contribution in [3.63, 3.8) is 0 Å². The number of hydrogen-bond acceptors (Lipinski definition) is 4. The summed E-state index contributed by atoms with van der Waals surface area (Å²) >= 11 is 0. The minimum absolute atomic E-state index is 0.0910. The van der Waals surface area contributed by atoms with E-state index in [1.165, 1.54) is 0 Å². The highest BCUT2D eigenvalue weighted by Crippen LogP contribution is 2.35. The SMILES string of the molecule is COc1cccc2c1OC[C@@H](CNC(=O)CN1CCCCCC1=O)C2. The maximum Gasteiger partial charge on any atom is 0.239 e.